The van der Waals surface area contributed by atoms with Crippen molar-refractivity contribution in [2.45, 2.75) is 83.8 Å². The molecule has 0 bridgehead atoms. The van der Waals surface area contributed by atoms with Gasteiger partial charge in [0.2, 0.25) is 0 Å². The summed E-state index contributed by atoms with van der Waals surface area (Å²) in [5.74, 6) is -0.252. The van der Waals surface area contributed by atoms with E-state index in [2.05, 4.69) is 0 Å². The van der Waals surface area contributed by atoms with Crippen LogP contribution in [0.5, 0.6) is 0 Å². The Labute approximate surface area is 116 Å². The van der Waals surface area contributed by atoms with Gasteiger partial charge in [0.25, 0.3) is 0 Å². The number of carbonyl (C=O) groups is 2. The predicted molar refractivity (Wildman–Crippen MR) is 74.9 cm³/mol. The molecule has 0 unspecified atom stereocenters. The first-order valence-electron chi connectivity index (χ1n) is 7.18. The van der Waals surface area contributed by atoms with Crippen LogP contribution in [0.2, 0.25) is 0 Å². The van der Waals surface area contributed by atoms with E-state index in [1.807, 2.05) is 20.8 Å². The SMILES string of the molecule is CC(C)(C)OC(=O)CC[C@H](O)CCCCCCC=O. The van der Waals surface area contributed by atoms with E-state index in [1.54, 1.807) is 0 Å². The summed E-state index contributed by atoms with van der Waals surface area (Å²) in [7, 11) is 0. The highest BCUT2D eigenvalue weighted by atomic mass is 16.6. The second-order valence-corrected chi connectivity index (χ2v) is 5.94. The molecule has 1 N–H and O–H groups in total. The number of hydrogen-bond acceptors (Lipinski definition) is 4. The topological polar surface area (TPSA) is 63.6 Å². The molecule has 19 heavy (non-hydrogen) atoms. The molecule has 0 rings (SSSR count). The fourth-order valence-corrected chi connectivity index (χ4v) is 1.78. The molecule has 1 atom stereocenters. The smallest absolute Gasteiger partial charge is 0.306 e. The first-order chi connectivity index (χ1) is 8.85. The van der Waals surface area contributed by atoms with Crippen molar-refractivity contribution in [3.05, 3.63) is 0 Å². The standard InChI is InChI=1S/C15H28O4/c1-15(2,3)19-14(18)11-10-13(17)9-7-5-4-6-8-12-16/h12-13,17H,4-11H2,1-3H3/t13-/m1/s1. The van der Waals surface area contributed by atoms with Crippen LogP contribution in [0.15, 0.2) is 0 Å². The third kappa shape index (κ3) is 13.3. The van der Waals surface area contributed by atoms with Crippen molar-refractivity contribution in [2.24, 2.45) is 0 Å². The Morgan fingerprint density at radius 3 is 2.37 bits per heavy atom. The quantitative estimate of drug-likeness (QED) is 0.377. The van der Waals surface area contributed by atoms with Gasteiger partial charge in [-0.2, -0.15) is 0 Å². The third-order valence-corrected chi connectivity index (χ3v) is 2.71. The second-order valence-electron chi connectivity index (χ2n) is 5.94. The van der Waals surface area contributed by atoms with Crippen LogP contribution in [-0.2, 0) is 14.3 Å². The molecule has 0 fully saturated rings. The van der Waals surface area contributed by atoms with Gasteiger partial charge in [0, 0.05) is 12.8 Å². The lowest BCUT2D eigenvalue weighted by Crippen LogP contribution is -2.24. The molecule has 0 saturated carbocycles. The van der Waals surface area contributed by atoms with Gasteiger partial charge in [-0.25, -0.2) is 0 Å². The molecule has 0 saturated heterocycles. The van der Waals surface area contributed by atoms with Crippen molar-refractivity contribution in [1.29, 1.82) is 0 Å². The summed E-state index contributed by atoms with van der Waals surface area (Å²) in [4.78, 5) is 21.6. The van der Waals surface area contributed by atoms with Gasteiger partial charge >= 0.3 is 5.97 Å². The summed E-state index contributed by atoms with van der Waals surface area (Å²) in [5.41, 5.74) is -0.458. The summed E-state index contributed by atoms with van der Waals surface area (Å²) in [6, 6.07) is 0. The highest BCUT2D eigenvalue weighted by molar-refractivity contribution is 5.69. The zero-order valence-electron chi connectivity index (χ0n) is 12.5. The molecule has 0 aliphatic heterocycles. The number of hydrogen-bond donors (Lipinski definition) is 1. The normalized spacial score (nSPS) is 13.1. The third-order valence-electron chi connectivity index (χ3n) is 2.71. The monoisotopic (exact) mass is 272 g/mol. The first kappa shape index (κ1) is 18.1. The van der Waals surface area contributed by atoms with Crippen LogP contribution in [0.25, 0.3) is 0 Å². The lowest BCUT2D eigenvalue weighted by atomic mass is 10.0. The zero-order chi connectivity index (χ0) is 14.7. The Hall–Kier alpha value is -0.900. The molecule has 0 radical (unpaired) electrons. The highest BCUT2D eigenvalue weighted by Gasteiger charge is 2.17. The van der Waals surface area contributed by atoms with E-state index in [1.165, 1.54) is 0 Å². The van der Waals surface area contributed by atoms with Crippen LogP contribution in [0.1, 0.15) is 72.1 Å². The van der Waals surface area contributed by atoms with E-state index in [4.69, 9.17) is 4.74 Å². The Morgan fingerprint density at radius 2 is 1.79 bits per heavy atom. The number of carbonyl (C=O) groups excluding carboxylic acids is 2. The summed E-state index contributed by atoms with van der Waals surface area (Å²) < 4.78 is 5.17. The van der Waals surface area contributed by atoms with Crippen molar-refractivity contribution < 1.29 is 19.4 Å². The molecule has 0 heterocycles. The average Bonchev–Trinajstić information content (AvgIpc) is 2.29. The van der Waals surface area contributed by atoms with Gasteiger partial charge in [0.1, 0.15) is 11.9 Å². The Morgan fingerprint density at radius 1 is 1.16 bits per heavy atom. The van der Waals surface area contributed by atoms with Crippen LogP contribution in [0, 0.1) is 0 Å². The molecular weight excluding hydrogens is 244 g/mol. The minimum atomic E-state index is -0.458. The van der Waals surface area contributed by atoms with E-state index in [0.29, 0.717) is 19.3 Å². The molecular formula is C15H28O4. The maximum atomic E-state index is 11.4. The molecule has 0 spiro atoms. The lowest BCUT2D eigenvalue weighted by molar-refractivity contribution is -0.155. The van der Waals surface area contributed by atoms with Gasteiger partial charge in [-0.3, -0.25) is 4.79 Å². The van der Waals surface area contributed by atoms with E-state index < -0.39 is 11.7 Å². The molecule has 0 aliphatic rings. The van der Waals surface area contributed by atoms with Crippen LogP contribution >= 0.6 is 0 Å². The Balaban J connectivity index is 3.51. The number of aliphatic hydroxyl groups excluding tert-OH is 1. The van der Waals surface area contributed by atoms with Crippen LogP contribution in [0.4, 0.5) is 0 Å². The minimum Gasteiger partial charge on any atom is -0.460 e. The predicted octanol–water partition coefficient (Wildman–Crippen LogP) is 3.01. The summed E-state index contributed by atoms with van der Waals surface area (Å²) in [6.45, 7) is 5.50. The van der Waals surface area contributed by atoms with Gasteiger partial charge in [-0.05, 0) is 40.0 Å². The van der Waals surface area contributed by atoms with E-state index in [9.17, 15) is 14.7 Å². The number of esters is 1. The van der Waals surface area contributed by atoms with E-state index in [0.717, 1.165) is 32.0 Å². The number of aldehydes is 1. The molecule has 112 valence electrons. The number of ether oxygens (including phenoxy) is 1. The van der Waals surface area contributed by atoms with Crippen molar-refractivity contribution in [3.8, 4) is 0 Å². The number of rotatable bonds is 10. The summed E-state index contributed by atoms with van der Waals surface area (Å²) >= 11 is 0. The molecule has 0 aromatic carbocycles. The van der Waals surface area contributed by atoms with Gasteiger partial charge in [-0.1, -0.05) is 19.3 Å². The van der Waals surface area contributed by atoms with Crippen molar-refractivity contribution in [3.63, 3.8) is 0 Å². The maximum Gasteiger partial charge on any atom is 0.306 e. The number of aliphatic hydroxyl groups is 1. The average molecular weight is 272 g/mol. The first-order valence-corrected chi connectivity index (χ1v) is 7.18. The number of unbranched alkanes of at least 4 members (excludes halogenated alkanes) is 4. The second kappa shape index (κ2) is 9.96. The van der Waals surface area contributed by atoms with Gasteiger partial charge < -0.3 is 14.6 Å². The van der Waals surface area contributed by atoms with E-state index >= 15 is 0 Å². The lowest BCUT2D eigenvalue weighted by Gasteiger charge is -2.20. The molecule has 4 nitrogen and oxygen atoms in total. The van der Waals surface area contributed by atoms with Gasteiger partial charge in [-0.15, -0.1) is 0 Å². The minimum absolute atomic E-state index is 0.252. The van der Waals surface area contributed by atoms with Crippen molar-refractivity contribution in [2.75, 3.05) is 0 Å². The fourth-order valence-electron chi connectivity index (χ4n) is 1.78. The van der Waals surface area contributed by atoms with Crippen LogP contribution < -0.4 is 0 Å². The Bertz CT molecular complexity index is 255. The molecule has 0 aromatic heterocycles. The van der Waals surface area contributed by atoms with Crippen molar-refractivity contribution >= 4 is 12.3 Å². The van der Waals surface area contributed by atoms with Crippen molar-refractivity contribution in [1.82, 2.24) is 0 Å². The molecule has 0 amide bonds. The van der Waals surface area contributed by atoms with E-state index in [-0.39, 0.29) is 12.4 Å². The zero-order valence-corrected chi connectivity index (χ0v) is 12.5. The Kier molecular flexibility index (Phi) is 9.48. The van der Waals surface area contributed by atoms with Crippen LogP contribution in [0.3, 0.4) is 0 Å². The van der Waals surface area contributed by atoms with Crippen LogP contribution in [-0.4, -0.2) is 29.1 Å². The fraction of sp³-hybridized carbons (Fsp3) is 0.867. The van der Waals surface area contributed by atoms with Gasteiger partial charge in [0.05, 0.1) is 6.10 Å². The molecule has 0 aliphatic carbocycles. The van der Waals surface area contributed by atoms with Gasteiger partial charge in [0.15, 0.2) is 0 Å². The highest BCUT2D eigenvalue weighted by Crippen LogP contribution is 2.13. The maximum absolute atomic E-state index is 11.4. The molecule has 0 aromatic rings. The molecule has 4 heteroatoms. The largest absolute Gasteiger partial charge is 0.460 e. The summed E-state index contributed by atoms with van der Waals surface area (Å²) in [6.07, 6.45) is 6.49. The summed E-state index contributed by atoms with van der Waals surface area (Å²) in [5, 5.41) is 9.74.